The lowest BCUT2D eigenvalue weighted by molar-refractivity contribution is 0.0990. The first-order chi connectivity index (χ1) is 9.11. The van der Waals surface area contributed by atoms with E-state index < -0.39 is 0 Å². The molecule has 2 rings (SSSR count). The van der Waals surface area contributed by atoms with E-state index in [2.05, 4.69) is 15.9 Å². The van der Waals surface area contributed by atoms with Crippen molar-refractivity contribution in [3.8, 4) is 0 Å². The molecular formula is C15H12BrFOS. The summed E-state index contributed by atoms with van der Waals surface area (Å²) in [6.07, 6.45) is 2.21. The lowest BCUT2D eigenvalue weighted by Gasteiger charge is -2.07. The van der Waals surface area contributed by atoms with Gasteiger partial charge in [-0.1, -0.05) is 40.2 Å². The van der Waals surface area contributed by atoms with E-state index in [4.69, 9.17) is 0 Å². The summed E-state index contributed by atoms with van der Waals surface area (Å²) in [5, 5.41) is 0. The largest absolute Gasteiger partial charge is 0.294 e. The molecule has 0 atom stereocenters. The SMILES string of the molecule is CSc1ccccc1C(=O)Cc1ccc(F)cc1Br. The van der Waals surface area contributed by atoms with E-state index in [0.29, 0.717) is 10.0 Å². The molecule has 0 aliphatic heterocycles. The number of carbonyl (C=O) groups is 1. The third kappa shape index (κ3) is 3.45. The molecule has 0 aliphatic carbocycles. The van der Waals surface area contributed by atoms with Crippen molar-refractivity contribution in [2.24, 2.45) is 0 Å². The van der Waals surface area contributed by atoms with Crippen LogP contribution in [-0.4, -0.2) is 12.0 Å². The van der Waals surface area contributed by atoms with Gasteiger partial charge >= 0.3 is 0 Å². The van der Waals surface area contributed by atoms with E-state index in [1.807, 2.05) is 30.5 Å². The Morgan fingerprint density at radius 3 is 2.68 bits per heavy atom. The molecule has 98 valence electrons. The fourth-order valence-electron chi connectivity index (χ4n) is 1.81. The zero-order chi connectivity index (χ0) is 13.8. The molecule has 2 aromatic carbocycles. The van der Waals surface area contributed by atoms with Crippen LogP contribution in [0.3, 0.4) is 0 Å². The minimum atomic E-state index is -0.312. The molecule has 1 nitrogen and oxygen atoms in total. The Morgan fingerprint density at radius 2 is 2.00 bits per heavy atom. The number of carbonyl (C=O) groups excluding carboxylic acids is 1. The average Bonchev–Trinajstić information content (AvgIpc) is 2.41. The van der Waals surface area contributed by atoms with Crippen molar-refractivity contribution in [3.05, 3.63) is 63.9 Å². The third-order valence-corrected chi connectivity index (χ3v) is 4.31. The molecule has 0 amide bonds. The number of benzene rings is 2. The van der Waals surface area contributed by atoms with Gasteiger partial charge in [0.1, 0.15) is 5.82 Å². The summed E-state index contributed by atoms with van der Waals surface area (Å²) < 4.78 is 13.6. The van der Waals surface area contributed by atoms with Gasteiger partial charge in [-0.3, -0.25) is 4.79 Å². The van der Waals surface area contributed by atoms with Gasteiger partial charge in [-0.25, -0.2) is 4.39 Å². The molecule has 0 unspecified atom stereocenters. The molecular weight excluding hydrogens is 327 g/mol. The lowest BCUT2D eigenvalue weighted by Crippen LogP contribution is -2.05. The minimum absolute atomic E-state index is 0.0391. The maximum atomic E-state index is 13.0. The van der Waals surface area contributed by atoms with E-state index in [9.17, 15) is 9.18 Å². The van der Waals surface area contributed by atoms with Crippen molar-refractivity contribution in [2.45, 2.75) is 11.3 Å². The molecule has 0 N–H and O–H groups in total. The summed E-state index contributed by atoms with van der Waals surface area (Å²) in [6.45, 7) is 0. The molecule has 0 radical (unpaired) electrons. The van der Waals surface area contributed by atoms with Gasteiger partial charge in [0.25, 0.3) is 0 Å². The molecule has 4 heteroatoms. The van der Waals surface area contributed by atoms with Crippen LogP contribution in [0.15, 0.2) is 51.8 Å². The second-order valence-electron chi connectivity index (χ2n) is 4.04. The molecule has 0 heterocycles. The summed E-state index contributed by atoms with van der Waals surface area (Å²) in [7, 11) is 0. The van der Waals surface area contributed by atoms with Crippen LogP contribution in [0.4, 0.5) is 4.39 Å². The van der Waals surface area contributed by atoms with Crippen molar-refractivity contribution in [3.63, 3.8) is 0 Å². The first-order valence-corrected chi connectivity index (χ1v) is 7.73. The quantitative estimate of drug-likeness (QED) is 0.591. The van der Waals surface area contributed by atoms with Crippen LogP contribution < -0.4 is 0 Å². The van der Waals surface area contributed by atoms with Crippen LogP contribution in [0.5, 0.6) is 0 Å². The van der Waals surface area contributed by atoms with Crippen molar-refractivity contribution >= 4 is 33.5 Å². The van der Waals surface area contributed by atoms with Gasteiger partial charge < -0.3 is 0 Å². The summed E-state index contributed by atoms with van der Waals surface area (Å²) in [5.74, 6) is -0.273. The molecule has 0 spiro atoms. The molecule has 19 heavy (non-hydrogen) atoms. The summed E-state index contributed by atoms with van der Waals surface area (Å²) in [6, 6.07) is 11.9. The first kappa shape index (κ1) is 14.3. The fraction of sp³-hybridized carbons (Fsp3) is 0.133. The summed E-state index contributed by atoms with van der Waals surface area (Å²) >= 11 is 4.83. The van der Waals surface area contributed by atoms with Gasteiger partial charge in [-0.15, -0.1) is 11.8 Å². The smallest absolute Gasteiger partial charge is 0.168 e. The third-order valence-electron chi connectivity index (χ3n) is 2.77. The van der Waals surface area contributed by atoms with Crippen LogP contribution in [0.1, 0.15) is 15.9 Å². The maximum absolute atomic E-state index is 13.0. The van der Waals surface area contributed by atoms with Gasteiger partial charge in [0.2, 0.25) is 0 Å². The molecule has 0 saturated heterocycles. The van der Waals surface area contributed by atoms with Crippen LogP contribution in [0.25, 0.3) is 0 Å². The number of hydrogen-bond donors (Lipinski definition) is 0. The van der Waals surface area contributed by atoms with Gasteiger partial charge in [0.15, 0.2) is 5.78 Å². The van der Waals surface area contributed by atoms with Crippen LogP contribution >= 0.6 is 27.7 Å². The van der Waals surface area contributed by atoms with Crippen LogP contribution in [0, 0.1) is 5.82 Å². The highest BCUT2D eigenvalue weighted by atomic mass is 79.9. The maximum Gasteiger partial charge on any atom is 0.168 e. The summed E-state index contributed by atoms with van der Waals surface area (Å²) in [5.41, 5.74) is 1.51. The Bertz CT molecular complexity index is 613. The summed E-state index contributed by atoms with van der Waals surface area (Å²) in [4.78, 5) is 13.3. The number of ketones is 1. The van der Waals surface area contributed by atoms with E-state index in [-0.39, 0.29) is 18.0 Å². The molecule has 0 fully saturated rings. The second-order valence-corrected chi connectivity index (χ2v) is 5.74. The predicted molar refractivity (Wildman–Crippen MR) is 80.4 cm³/mol. The minimum Gasteiger partial charge on any atom is -0.294 e. The molecule has 0 bridgehead atoms. The Morgan fingerprint density at radius 1 is 1.26 bits per heavy atom. The molecule has 2 aromatic rings. The van der Waals surface area contributed by atoms with E-state index in [1.165, 1.54) is 12.1 Å². The van der Waals surface area contributed by atoms with Gasteiger partial charge in [0, 0.05) is 21.4 Å². The first-order valence-electron chi connectivity index (χ1n) is 5.72. The number of thioether (sulfide) groups is 1. The van der Waals surface area contributed by atoms with E-state index in [0.717, 1.165) is 10.5 Å². The Hall–Kier alpha value is -1.13. The van der Waals surface area contributed by atoms with E-state index >= 15 is 0 Å². The van der Waals surface area contributed by atoms with Gasteiger partial charge in [-0.05, 0) is 30.0 Å². The predicted octanol–water partition coefficient (Wildman–Crippen LogP) is 4.74. The Balaban J connectivity index is 2.26. The highest BCUT2D eigenvalue weighted by Crippen LogP contribution is 2.24. The standard InChI is InChI=1S/C15H12BrFOS/c1-19-15-5-3-2-4-12(15)14(18)8-10-6-7-11(17)9-13(10)16/h2-7,9H,8H2,1H3. The van der Waals surface area contributed by atoms with Crippen LogP contribution in [-0.2, 0) is 6.42 Å². The number of hydrogen-bond acceptors (Lipinski definition) is 2. The Labute approximate surface area is 124 Å². The van der Waals surface area contributed by atoms with Crippen molar-refractivity contribution in [1.82, 2.24) is 0 Å². The highest BCUT2D eigenvalue weighted by Gasteiger charge is 2.13. The second kappa shape index (κ2) is 6.35. The fourth-order valence-corrected chi connectivity index (χ4v) is 2.92. The molecule has 0 saturated carbocycles. The zero-order valence-electron chi connectivity index (χ0n) is 10.3. The van der Waals surface area contributed by atoms with Crippen molar-refractivity contribution in [2.75, 3.05) is 6.26 Å². The van der Waals surface area contributed by atoms with Gasteiger partial charge in [0.05, 0.1) is 0 Å². The topological polar surface area (TPSA) is 17.1 Å². The number of halogens is 2. The molecule has 0 aromatic heterocycles. The molecule has 0 aliphatic rings. The van der Waals surface area contributed by atoms with Crippen molar-refractivity contribution in [1.29, 1.82) is 0 Å². The monoisotopic (exact) mass is 338 g/mol. The van der Waals surface area contributed by atoms with Crippen molar-refractivity contribution < 1.29 is 9.18 Å². The lowest BCUT2D eigenvalue weighted by atomic mass is 10.0. The Kier molecular flexibility index (Phi) is 4.77. The number of Topliss-reactive ketones (excluding diaryl/α,β-unsaturated/α-hetero) is 1. The van der Waals surface area contributed by atoms with Gasteiger partial charge in [-0.2, -0.15) is 0 Å². The normalized spacial score (nSPS) is 10.5. The highest BCUT2D eigenvalue weighted by molar-refractivity contribution is 9.10. The van der Waals surface area contributed by atoms with Crippen LogP contribution in [0.2, 0.25) is 0 Å². The average molecular weight is 339 g/mol. The number of rotatable bonds is 4. The zero-order valence-corrected chi connectivity index (χ0v) is 12.7. The van der Waals surface area contributed by atoms with E-state index in [1.54, 1.807) is 17.8 Å².